The van der Waals surface area contributed by atoms with Gasteiger partial charge in [0.25, 0.3) is 0 Å². The van der Waals surface area contributed by atoms with Gasteiger partial charge in [0.15, 0.2) is 0 Å². The molecule has 1 heterocycles. The third-order valence-corrected chi connectivity index (χ3v) is 2.55. The van der Waals surface area contributed by atoms with Gasteiger partial charge in [-0.05, 0) is 29.3 Å². The number of rotatable bonds is 5. The molecule has 4 heteroatoms. The van der Waals surface area contributed by atoms with E-state index in [0.717, 1.165) is 16.9 Å². The quantitative estimate of drug-likeness (QED) is 0.880. The van der Waals surface area contributed by atoms with Crippen LogP contribution in [0.15, 0.2) is 42.7 Å². The van der Waals surface area contributed by atoms with Crippen LogP contribution < -0.4 is 10.1 Å². The molecule has 3 nitrogen and oxygen atoms in total. The van der Waals surface area contributed by atoms with Crippen LogP contribution in [0.5, 0.6) is 5.75 Å². The van der Waals surface area contributed by atoms with Crippen LogP contribution in [-0.4, -0.2) is 12.1 Å². The predicted octanol–water partition coefficient (Wildman–Crippen LogP) is 2.52. The topological polar surface area (TPSA) is 34.1 Å². The Kier molecular flexibility index (Phi) is 4.25. The second kappa shape index (κ2) is 6.12. The minimum Gasteiger partial charge on any atom is -0.497 e. The number of hydrogen-bond acceptors (Lipinski definition) is 3. The molecule has 0 atom stereocenters. The molecule has 1 aromatic carbocycles. The molecule has 0 unspecified atom stereocenters. The van der Waals surface area contributed by atoms with Crippen LogP contribution in [0.2, 0.25) is 0 Å². The summed E-state index contributed by atoms with van der Waals surface area (Å²) in [7, 11) is 1.64. The molecule has 1 N–H and O–H groups in total. The lowest BCUT2D eigenvalue weighted by Gasteiger charge is -2.06. The second-order valence-corrected chi connectivity index (χ2v) is 3.97. The predicted molar refractivity (Wildman–Crippen MR) is 67.7 cm³/mol. The Morgan fingerprint density at radius 1 is 1.17 bits per heavy atom. The van der Waals surface area contributed by atoms with Gasteiger partial charge in [-0.1, -0.05) is 12.1 Å². The number of pyridine rings is 1. The molecule has 0 bridgehead atoms. The zero-order chi connectivity index (χ0) is 12.8. The summed E-state index contributed by atoms with van der Waals surface area (Å²) in [5.74, 6) is 0.525. The molecule has 0 amide bonds. The molecule has 0 spiro atoms. The van der Waals surface area contributed by atoms with Crippen LogP contribution in [0.3, 0.4) is 0 Å². The first-order valence-electron chi connectivity index (χ1n) is 5.71. The monoisotopic (exact) mass is 246 g/mol. The van der Waals surface area contributed by atoms with E-state index in [1.807, 2.05) is 24.3 Å². The van der Waals surface area contributed by atoms with Gasteiger partial charge in [0.2, 0.25) is 0 Å². The van der Waals surface area contributed by atoms with Gasteiger partial charge < -0.3 is 10.1 Å². The van der Waals surface area contributed by atoms with Gasteiger partial charge in [0.05, 0.1) is 13.3 Å². The highest BCUT2D eigenvalue weighted by molar-refractivity contribution is 5.28. The first-order valence-corrected chi connectivity index (χ1v) is 5.71. The Bertz CT molecular complexity index is 517. The normalized spacial score (nSPS) is 10.3. The minimum atomic E-state index is -0.310. The number of hydrogen-bond donors (Lipinski definition) is 1. The van der Waals surface area contributed by atoms with Crippen LogP contribution in [-0.2, 0) is 13.1 Å². The summed E-state index contributed by atoms with van der Waals surface area (Å²) in [6, 6.07) is 9.31. The van der Waals surface area contributed by atoms with E-state index in [2.05, 4.69) is 10.3 Å². The lowest BCUT2D eigenvalue weighted by atomic mass is 10.2. The average Bonchev–Trinajstić information content (AvgIpc) is 2.39. The molecule has 0 aliphatic heterocycles. The standard InChI is InChI=1S/C14H15FN2O/c1-18-14-4-2-3-11(6-14)7-16-8-12-5-13(15)10-17-9-12/h2-6,9-10,16H,7-8H2,1H3. The van der Waals surface area contributed by atoms with Crippen LogP contribution >= 0.6 is 0 Å². The van der Waals surface area contributed by atoms with Crippen LogP contribution in [0.25, 0.3) is 0 Å². The lowest BCUT2D eigenvalue weighted by molar-refractivity contribution is 0.414. The fourth-order valence-corrected chi connectivity index (χ4v) is 1.69. The van der Waals surface area contributed by atoms with E-state index in [1.54, 1.807) is 13.3 Å². The number of ether oxygens (including phenoxy) is 1. The Balaban J connectivity index is 1.88. The van der Waals surface area contributed by atoms with Crippen molar-refractivity contribution >= 4 is 0 Å². The van der Waals surface area contributed by atoms with Crippen molar-refractivity contribution in [1.82, 2.24) is 10.3 Å². The van der Waals surface area contributed by atoms with E-state index in [4.69, 9.17) is 4.74 Å². The summed E-state index contributed by atoms with van der Waals surface area (Å²) in [6.45, 7) is 1.29. The molecule has 0 saturated carbocycles. The van der Waals surface area contributed by atoms with Gasteiger partial charge in [-0.15, -0.1) is 0 Å². The highest BCUT2D eigenvalue weighted by Crippen LogP contribution is 2.12. The summed E-state index contributed by atoms with van der Waals surface area (Å²) >= 11 is 0. The second-order valence-electron chi connectivity index (χ2n) is 3.97. The van der Waals surface area contributed by atoms with Crippen molar-refractivity contribution in [1.29, 1.82) is 0 Å². The fraction of sp³-hybridized carbons (Fsp3) is 0.214. The first-order chi connectivity index (χ1) is 8.78. The third kappa shape index (κ3) is 3.53. The number of methoxy groups -OCH3 is 1. The Hall–Kier alpha value is -1.94. The molecule has 0 aliphatic rings. The van der Waals surface area contributed by atoms with E-state index in [0.29, 0.717) is 13.1 Å². The molecule has 18 heavy (non-hydrogen) atoms. The van der Waals surface area contributed by atoms with Gasteiger partial charge in [-0.3, -0.25) is 4.98 Å². The minimum absolute atomic E-state index is 0.310. The van der Waals surface area contributed by atoms with E-state index in [9.17, 15) is 4.39 Å². The van der Waals surface area contributed by atoms with E-state index in [-0.39, 0.29) is 5.82 Å². The smallest absolute Gasteiger partial charge is 0.141 e. The molecular formula is C14H15FN2O. The van der Waals surface area contributed by atoms with E-state index >= 15 is 0 Å². The van der Waals surface area contributed by atoms with Gasteiger partial charge in [-0.25, -0.2) is 4.39 Å². The van der Waals surface area contributed by atoms with E-state index < -0.39 is 0 Å². The van der Waals surface area contributed by atoms with Gasteiger partial charge >= 0.3 is 0 Å². The molecule has 0 radical (unpaired) electrons. The summed E-state index contributed by atoms with van der Waals surface area (Å²) in [5, 5.41) is 3.23. The van der Waals surface area contributed by atoms with Crippen molar-refractivity contribution in [2.45, 2.75) is 13.1 Å². The Morgan fingerprint density at radius 2 is 2.00 bits per heavy atom. The Morgan fingerprint density at radius 3 is 2.78 bits per heavy atom. The number of nitrogens with one attached hydrogen (secondary N) is 1. The zero-order valence-electron chi connectivity index (χ0n) is 10.2. The fourth-order valence-electron chi connectivity index (χ4n) is 1.69. The SMILES string of the molecule is COc1cccc(CNCc2cncc(F)c2)c1. The summed E-state index contributed by atoms with van der Waals surface area (Å²) in [5.41, 5.74) is 1.96. The molecule has 1 aromatic heterocycles. The molecule has 2 aromatic rings. The van der Waals surface area contributed by atoms with Crippen molar-refractivity contribution in [3.63, 3.8) is 0 Å². The van der Waals surface area contributed by atoms with Crippen molar-refractivity contribution in [2.75, 3.05) is 7.11 Å². The van der Waals surface area contributed by atoms with E-state index in [1.165, 1.54) is 12.3 Å². The highest BCUT2D eigenvalue weighted by atomic mass is 19.1. The van der Waals surface area contributed by atoms with Crippen LogP contribution in [0.1, 0.15) is 11.1 Å². The van der Waals surface area contributed by atoms with Crippen molar-refractivity contribution in [3.8, 4) is 5.75 Å². The number of benzene rings is 1. The highest BCUT2D eigenvalue weighted by Gasteiger charge is 1.98. The molecular weight excluding hydrogens is 231 g/mol. The first kappa shape index (κ1) is 12.5. The van der Waals surface area contributed by atoms with Crippen molar-refractivity contribution in [2.24, 2.45) is 0 Å². The molecule has 0 aliphatic carbocycles. The van der Waals surface area contributed by atoms with Gasteiger partial charge in [0.1, 0.15) is 11.6 Å². The molecule has 0 saturated heterocycles. The lowest BCUT2D eigenvalue weighted by Crippen LogP contribution is -2.13. The number of nitrogens with zero attached hydrogens (tertiary/aromatic N) is 1. The maximum atomic E-state index is 12.9. The Labute approximate surface area is 106 Å². The van der Waals surface area contributed by atoms with Crippen LogP contribution in [0.4, 0.5) is 4.39 Å². The van der Waals surface area contributed by atoms with Crippen LogP contribution in [0, 0.1) is 5.82 Å². The maximum Gasteiger partial charge on any atom is 0.141 e. The number of aromatic nitrogens is 1. The summed E-state index contributed by atoms with van der Waals surface area (Å²) < 4.78 is 18.1. The average molecular weight is 246 g/mol. The summed E-state index contributed by atoms with van der Waals surface area (Å²) in [6.07, 6.45) is 2.85. The molecule has 2 rings (SSSR count). The zero-order valence-corrected chi connectivity index (χ0v) is 10.2. The van der Waals surface area contributed by atoms with Gasteiger partial charge in [-0.2, -0.15) is 0 Å². The number of halogens is 1. The largest absolute Gasteiger partial charge is 0.497 e. The molecule has 94 valence electrons. The van der Waals surface area contributed by atoms with Gasteiger partial charge in [0, 0.05) is 19.3 Å². The third-order valence-electron chi connectivity index (χ3n) is 2.55. The van der Waals surface area contributed by atoms with Crippen molar-refractivity contribution in [3.05, 3.63) is 59.7 Å². The summed E-state index contributed by atoms with van der Waals surface area (Å²) in [4.78, 5) is 3.80. The molecule has 0 fully saturated rings. The van der Waals surface area contributed by atoms with Crippen molar-refractivity contribution < 1.29 is 9.13 Å². The maximum absolute atomic E-state index is 12.9.